The molecule has 1 aromatic heterocycles. The number of nitriles is 1. The molecule has 0 saturated carbocycles. The lowest BCUT2D eigenvalue weighted by atomic mass is 9.88. The van der Waals surface area contributed by atoms with Crippen molar-refractivity contribution in [1.29, 1.82) is 5.26 Å². The number of carbonyl (C=O) groups excluding carboxylic acids is 2. The van der Waals surface area contributed by atoms with Crippen molar-refractivity contribution in [1.82, 2.24) is 0 Å². The number of fused-ring (bicyclic) bond motifs is 2. The Morgan fingerprint density at radius 2 is 2.25 bits per heavy atom. The summed E-state index contributed by atoms with van der Waals surface area (Å²) in [6.45, 7) is 5.55. The summed E-state index contributed by atoms with van der Waals surface area (Å²) in [7, 11) is 0. The normalized spacial score (nSPS) is 22.9. The highest BCUT2D eigenvalue weighted by Gasteiger charge is 2.47. The Bertz CT molecular complexity index is 1040. The number of rotatable bonds is 2. The van der Waals surface area contributed by atoms with Crippen LogP contribution < -0.4 is 15.4 Å². The Kier molecular flexibility index (Phi) is 4.39. The third-order valence-electron chi connectivity index (χ3n) is 5.41. The number of nitrogens with zero attached hydrogens (tertiary/aromatic N) is 1. The number of carbonyl (C=O) groups is 2. The van der Waals surface area contributed by atoms with Crippen LogP contribution >= 0.6 is 11.3 Å². The molecule has 2 aliphatic rings. The van der Waals surface area contributed by atoms with E-state index in [0.29, 0.717) is 27.9 Å². The van der Waals surface area contributed by atoms with Gasteiger partial charge < -0.3 is 15.4 Å². The smallest absolute Gasteiger partial charge is 0.278 e. The second kappa shape index (κ2) is 6.64. The van der Waals surface area contributed by atoms with E-state index >= 15 is 0 Å². The molecular formula is C21H21N3O3S. The second-order valence-electron chi connectivity index (χ2n) is 7.71. The summed E-state index contributed by atoms with van der Waals surface area (Å²) < 4.78 is 5.81. The summed E-state index contributed by atoms with van der Waals surface area (Å²) in [5, 5.41) is 15.7. The van der Waals surface area contributed by atoms with Gasteiger partial charge in [0.25, 0.3) is 17.4 Å². The quantitative estimate of drug-likeness (QED) is 0.757. The molecule has 2 unspecified atom stereocenters. The molecule has 0 spiro atoms. The molecule has 2 aromatic rings. The van der Waals surface area contributed by atoms with Crippen LogP contribution in [-0.2, 0) is 22.4 Å². The molecule has 144 valence electrons. The first kappa shape index (κ1) is 18.5. The second-order valence-corrected chi connectivity index (χ2v) is 8.82. The van der Waals surface area contributed by atoms with Crippen molar-refractivity contribution in [2.45, 2.75) is 45.6 Å². The number of ether oxygens (including phenoxy) is 1. The van der Waals surface area contributed by atoms with E-state index in [4.69, 9.17) is 4.74 Å². The number of thiophene rings is 1. The third kappa shape index (κ3) is 2.94. The summed E-state index contributed by atoms with van der Waals surface area (Å²) in [6.07, 6.45) is 2.78. The zero-order chi connectivity index (χ0) is 20.1. The largest absolute Gasteiger partial charge is 0.466 e. The van der Waals surface area contributed by atoms with Crippen LogP contribution in [0.3, 0.4) is 0 Å². The van der Waals surface area contributed by atoms with Gasteiger partial charge in [-0.25, -0.2) is 0 Å². The molecule has 2 N–H and O–H groups in total. The number of benzene rings is 1. The summed E-state index contributed by atoms with van der Waals surface area (Å²) in [5.74, 6) is -0.107. The highest BCUT2D eigenvalue weighted by molar-refractivity contribution is 7.16. The van der Waals surface area contributed by atoms with Gasteiger partial charge in [0.15, 0.2) is 0 Å². The van der Waals surface area contributed by atoms with Crippen molar-refractivity contribution in [3.8, 4) is 11.8 Å². The monoisotopic (exact) mass is 395 g/mol. The van der Waals surface area contributed by atoms with Gasteiger partial charge in [-0.15, -0.1) is 11.3 Å². The van der Waals surface area contributed by atoms with E-state index in [0.717, 1.165) is 35.3 Å². The molecule has 0 radical (unpaired) electrons. The van der Waals surface area contributed by atoms with Gasteiger partial charge in [0, 0.05) is 4.88 Å². The van der Waals surface area contributed by atoms with Crippen LogP contribution in [0.1, 0.15) is 41.8 Å². The minimum atomic E-state index is -1.72. The molecule has 0 fully saturated rings. The summed E-state index contributed by atoms with van der Waals surface area (Å²) in [4.78, 5) is 26.8. The number of amides is 2. The van der Waals surface area contributed by atoms with Crippen LogP contribution in [0, 0.1) is 24.2 Å². The first-order chi connectivity index (χ1) is 13.3. The van der Waals surface area contributed by atoms with Crippen molar-refractivity contribution < 1.29 is 14.3 Å². The molecule has 0 bridgehead atoms. The predicted molar refractivity (Wildman–Crippen MR) is 108 cm³/mol. The van der Waals surface area contributed by atoms with E-state index in [2.05, 4.69) is 23.6 Å². The summed E-state index contributed by atoms with van der Waals surface area (Å²) >= 11 is 1.43. The molecule has 0 saturated heterocycles. The van der Waals surface area contributed by atoms with Crippen molar-refractivity contribution in [2.24, 2.45) is 5.92 Å². The van der Waals surface area contributed by atoms with Gasteiger partial charge in [-0.05, 0) is 62.3 Å². The molecule has 7 heteroatoms. The van der Waals surface area contributed by atoms with Gasteiger partial charge in [0.2, 0.25) is 0 Å². The fourth-order valence-corrected chi connectivity index (χ4v) is 5.02. The Morgan fingerprint density at radius 1 is 1.46 bits per heavy atom. The molecule has 2 amide bonds. The van der Waals surface area contributed by atoms with Gasteiger partial charge in [-0.2, -0.15) is 5.26 Å². The summed E-state index contributed by atoms with van der Waals surface area (Å²) in [5.41, 5.74) is 1.35. The lowest BCUT2D eigenvalue weighted by Crippen LogP contribution is -2.56. The first-order valence-electron chi connectivity index (χ1n) is 9.29. The fraction of sp³-hybridized carbons (Fsp3) is 0.381. The van der Waals surface area contributed by atoms with Crippen LogP contribution in [0.25, 0.3) is 0 Å². The maximum absolute atomic E-state index is 13.0. The van der Waals surface area contributed by atoms with E-state index < -0.39 is 17.4 Å². The maximum Gasteiger partial charge on any atom is 0.278 e. The molecule has 1 aliphatic heterocycles. The van der Waals surface area contributed by atoms with Crippen LogP contribution in [0.2, 0.25) is 0 Å². The van der Waals surface area contributed by atoms with Gasteiger partial charge >= 0.3 is 0 Å². The number of hydrogen-bond donors (Lipinski definition) is 2. The average molecular weight is 395 g/mol. The molecule has 2 heterocycles. The number of aryl methyl sites for hydroxylation is 1. The van der Waals surface area contributed by atoms with E-state index in [1.807, 2.05) is 13.0 Å². The zero-order valence-corrected chi connectivity index (χ0v) is 16.8. The van der Waals surface area contributed by atoms with Crippen LogP contribution in [0.5, 0.6) is 5.75 Å². The van der Waals surface area contributed by atoms with E-state index in [1.165, 1.54) is 18.3 Å². The van der Waals surface area contributed by atoms with Crippen LogP contribution in [0.15, 0.2) is 18.2 Å². The van der Waals surface area contributed by atoms with Crippen molar-refractivity contribution >= 4 is 33.8 Å². The molecule has 2 atom stereocenters. The zero-order valence-electron chi connectivity index (χ0n) is 16.0. The van der Waals surface area contributed by atoms with Crippen LogP contribution in [-0.4, -0.2) is 17.4 Å². The molecular weight excluding hydrogens is 374 g/mol. The molecule has 1 aromatic carbocycles. The first-order valence-corrected chi connectivity index (χ1v) is 10.1. The molecule has 6 nitrogen and oxygen atoms in total. The van der Waals surface area contributed by atoms with E-state index in [9.17, 15) is 14.9 Å². The Labute approximate surface area is 167 Å². The number of anilines is 2. The SMILES string of the molecule is Cc1ccc2c(c1)NC(=O)C(C)(C(=O)Nc1sc3c(c1C#N)CCC(C)C3)O2. The van der Waals surface area contributed by atoms with Crippen molar-refractivity contribution in [3.63, 3.8) is 0 Å². The highest BCUT2D eigenvalue weighted by Crippen LogP contribution is 2.40. The van der Waals surface area contributed by atoms with Gasteiger partial charge in [-0.1, -0.05) is 13.0 Å². The van der Waals surface area contributed by atoms with E-state index in [-0.39, 0.29) is 0 Å². The number of hydrogen-bond acceptors (Lipinski definition) is 5. The lowest BCUT2D eigenvalue weighted by Gasteiger charge is -2.33. The van der Waals surface area contributed by atoms with Crippen LogP contribution in [0.4, 0.5) is 10.7 Å². The number of nitrogens with one attached hydrogen (secondary N) is 2. The van der Waals surface area contributed by atoms with Gasteiger partial charge in [0.1, 0.15) is 16.8 Å². The average Bonchev–Trinajstić information content (AvgIpc) is 2.98. The van der Waals surface area contributed by atoms with Crippen molar-refractivity contribution in [2.75, 3.05) is 10.6 Å². The van der Waals surface area contributed by atoms with Gasteiger partial charge in [0.05, 0.1) is 11.3 Å². The lowest BCUT2D eigenvalue weighted by molar-refractivity contribution is -0.143. The topological polar surface area (TPSA) is 91.2 Å². The minimum Gasteiger partial charge on any atom is -0.466 e. The Balaban J connectivity index is 1.63. The van der Waals surface area contributed by atoms with E-state index in [1.54, 1.807) is 12.1 Å². The Morgan fingerprint density at radius 3 is 3.00 bits per heavy atom. The summed E-state index contributed by atoms with van der Waals surface area (Å²) in [6, 6.07) is 7.62. The van der Waals surface area contributed by atoms with Gasteiger partial charge in [-0.3, -0.25) is 9.59 Å². The standard InChI is InChI=1S/C21H21N3O3S/c1-11-5-7-16-15(8-11)23-19(25)21(3,27-16)20(26)24-18-14(10-22)13-6-4-12(2)9-17(13)28-18/h5,7-8,12H,4,6,9H2,1-3H3,(H,23,25)(H,24,26). The van der Waals surface area contributed by atoms with Crippen molar-refractivity contribution in [3.05, 3.63) is 39.8 Å². The minimum absolute atomic E-state index is 0.447. The highest BCUT2D eigenvalue weighted by atomic mass is 32.1. The molecule has 4 rings (SSSR count). The third-order valence-corrected chi connectivity index (χ3v) is 6.58. The predicted octanol–water partition coefficient (Wildman–Crippen LogP) is 3.78. The molecule has 1 aliphatic carbocycles. The molecule has 28 heavy (non-hydrogen) atoms. The Hall–Kier alpha value is -2.85. The fourth-order valence-electron chi connectivity index (χ4n) is 3.67. The maximum atomic E-state index is 13.0.